The normalized spacial score (nSPS) is 15.7. The highest BCUT2D eigenvalue weighted by molar-refractivity contribution is 5.92. The van der Waals surface area contributed by atoms with E-state index in [0.29, 0.717) is 23.8 Å². The summed E-state index contributed by atoms with van der Waals surface area (Å²) in [5.41, 5.74) is 0.0229. The Balaban J connectivity index is 2.04. The Hall–Kier alpha value is -1.51. The number of rotatable bonds is 4. The van der Waals surface area contributed by atoms with Crippen molar-refractivity contribution in [2.45, 2.75) is 45.6 Å². The topological polar surface area (TPSA) is 35.5 Å². The van der Waals surface area contributed by atoms with Crippen LogP contribution in [0.4, 0.5) is 0 Å². The third-order valence-corrected chi connectivity index (χ3v) is 3.21. The molecule has 3 heteroatoms. The minimum Gasteiger partial charge on any atom is -0.492 e. The van der Waals surface area contributed by atoms with Gasteiger partial charge in [-0.1, -0.05) is 18.6 Å². The van der Waals surface area contributed by atoms with Gasteiger partial charge >= 0.3 is 5.97 Å². The number of para-hydroxylation sites is 1. The molecule has 1 aliphatic carbocycles. The fraction of sp³-hybridized carbons (Fsp3) is 0.562. The number of esters is 1. The summed E-state index contributed by atoms with van der Waals surface area (Å²) in [6.45, 7) is 6.29. The highest BCUT2D eigenvalue weighted by Gasteiger charge is 2.22. The minimum atomic E-state index is -0.488. The minimum absolute atomic E-state index is 0.322. The molecule has 0 heterocycles. The van der Waals surface area contributed by atoms with Crippen molar-refractivity contribution in [2.75, 3.05) is 6.61 Å². The quantitative estimate of drug-likeness (QED) is 0.774. The van der Waals surface area contributed by atoms with Gasteiger partial charge in [0.2, 0.25) is 0 Å². The third-order valence-electron chi connectivity index (χ3n) is 3.21. The molecule has 0 amide bonds. The molecule has 0 spiro atoms. The Bertz CT molecular complexity index is 442. The monoisotopic (exact) mass is 262 g/mol. The first-order valence-corrected chi connectivity index (χ1v) is 6.91. The maximum Gasteiger partial charge on any atom is 0.342 e. The first kappa shape index (κ1) is 13.9. The Morgan fingerprint density at radius 2 is 1.95 bits per heavy atom. The van der Waals surface area contributed by atoms with Crippen LogP contribution >= 0.6 is 0 Å². The van der Waals surface area contributed by atoms with E-state index in [0.717, 1.165) is 0 Å². The average molecular weight is 262 g/mol. The van der Waals surface area contributed by atoms with E-state index in [1.807, 2.05) is 39.0 Å². The van der Waals surface area contributed by atoms with E-state index < -0.39 is 5.60 Å². The lowest BCUT2D eigenvalue weighted by Gasteiger charge is -2.26. The van der Waals surface area contributed by atoms with Gasteiger partial charge in [-0.25, -0.2) is 4.79 Å². The van der Waals surface area contributed by atoms with Gasteiger partial charge in [0.1, 0.15) is 16.9 Å². The van der Waals surface area contributed by atoms with Crippen LogP contribution in [0, 0.1) is 5.92 Å². The molecule has 1 fully saturated rings. The largest absolute Gasteiger partial charge is 0.492 e. The van der Waals surface area contributed by atoms with Crippen molar-refractivity contribution < 1.29 is 14.3 Å². The zero-order chi connectivity index (χ0) is 13.9. The molecule has 0 bridgehead atoms. The average Bonchev–Trinajstić information content (AvgIpc) is 2.25. The van der Waals surface area contributed by atoms with E-state index in [-0.39, 0.29) is 5.97 Å². The van der Waals surface area contributed by atoms with E-state index in [1.165, 1.54) is 19.3 Å². The van der Waals surface area contributed by atoms with Gasteiger partial charge in [0, 0.05) is 0 Å². The van der Waals surface area contributed by atoms with Gasteiger partial charge in [-0.3, -0.25) is 0 Å². The summed E-state index contributed by atoms with van der Waals surface area (Å²) in [6.07, 6.45) is 3.75. The summed E-state index contributed by atoms with van der Waals surface area (Å²) in [5, 5.41) is 0. The number of hydrogen-bond donors (Lipinski definition) is 0. The molecule has 0 N–H and O–H groups in total. The summed E-state index contributed by atoms with van der Waals surface area (Å²) < 4.78 is 11.2. The molecule has 0 aliphatic heterocycles. The number of benzene rings is 1. The van der Waals surface area contributed by atoms with Crippen LogP contribution in [-0.4, -0.2) is 18.2 Å². The van der Waals surface area contributed by atoms with Crippen LogP contribution in [-0.2, 0) is 4.74 Å². The van der Waals surface area contributed by atoms with E-state index in [1.54, 1.807) is 6.07 Å². The van der Waals surface area contributed by atoms with Crippen molar-refractivity contribution in [3.8, 4) is 5.75 Å². The summed E-state index contributed by atoms with van der Waals surface area (Å²) in [4.78, 5) is 12.1. The van der Waals surface area contributed by atoms with Crippen LogP contribution in [0.5, 0.6) is 5.75 Å². The molecule has 0 saturated heterocycles. The molecular weight excluding hydrogens is 240 g/mol. The van der Waals surface area contributed by atoms with Crippen LogP contribution in [0.25, 0.3) is 0 Å². The van der Waals surface area contributed by atoms with Crippen molar-refractivity contribution >= 4 is 5.97 Å². The molecule has 104 valence electrons. The summed E-state index contributed by atoms with van der Waals surface area (Å²) in [7, 11) is 0. The molecule has 0 atom stereocenters. The van der Waals surface area contributed by atoms with Crippen LogP contribution in [0.1, 0.15) is 50.4 Å². The van der Waals surface area contributed by atoms with Gasteiger partial charge in [0.25, 0.3) is 0 Å². The molecule has 1 aliphatic rings. The van der Waals surface area contributed by atoms with Crippen LogP contribution < -0.4 is 4.74 Å². The maximum atomic E-state index is 12.1. The Kier molecular flexibility index (Phi) is 4.13. The second kappa shape index (κ2) is 5.64. The molecule has 0 aromatic heterocycles. The van der Waals surface area contributed by atoms with Crippen molar-refractivity contribution in [3.05, 3.63) is 29.8 Å². The van der Waals surface area contributed by atoms with Crippen molar-refractivity contribution in [1.82, 2.24) is 0 Å². The van der Waals surface area contributed by atoms with Crippen molar-refractivity contribution in [1.29, 1.82) is 0 Å². The van der Waals surface area contributed by atoms with Gasteiger partial charge in [0.05, 0.1) is 6.61 Å². The summed E-state index contributed by atoms with van der Waals surface area (Å²) in [5.74, 6) is 0.951. The lowest BCUT2D eigenvalue weighted by Crippen LogP contribution is -2.25. The molecular formula is C16H22O3. The third kappa shape index (κ3) is 3.98. The van der Waals surface area contributed by atoms with Crippen molar-refractivity contribution in [2.24, 2.45) is 5.92 Å². The number of hydrogen-bond acceptors (Lipinski definition) is 3. The van der Waals surface area contributed by atoms with Gasteiger partial charge in [-0.05, 0) is 51.7 Å². The smallest absolute Gasteiger partial charge is 0.342 e. The van der Waals surface area contributed by atoms with E-state index in [2.05, 4.69) is 0 Å². The standard InChI is InChI=1S/C16H22O3/c1-16(2,3)19-15(17)13-9-4-5-10-14(13)18-11-12-7-6-8-12/h4-5,9-10,12H,6-8,11H2,1-3H3. The summed E-state index contributed by atoms with van der Waals surface area (Å²) >= 11 is 0. The van der Waals surface area contributed by atoms with Crippen molar-refractivity contribution in [3.63, 3.8) is 0 Å². The molecule has 1 aromatic carbocycles. The van der Waals surface area contributed by atoms with Gasteiger partial charge in [0.15, 0.2) is 0 Å². The number of carbonyl (C=O) groups excluding carboxylic acids is 1. The van der Waals surface area contributed by atoms with E-state index in [4.69, 9.17) is 9.47 Å². The molecule has 1 saturated carbocycles. The first-order valence-electron chi connectivity index (χ1n) is 6.91. The van der Waals surface area contributed by atoms with Gasteiger partial charge in [-0.2, -0.15) is 0 Å². The molecule has 19 heavy (non-hydrogen) atoms. The SMILES string of the molecule is CC(C)(C)OC(=O)c1ccccc1OCC1CCC1. The fourth-order valence-corrected chi connectivity index (χ4v) is 1.96. The molecule has 0 radical (unpaired) electrons. The van der Waals surface area contributed by atoms with Gasteiger partial charge < -0.3 is 9.47 Å². The Labute approximate surface area is 114 Å². The van der Waals surface area contributed by atoms with Crippen LogP contribution in [0.15, 0.2) is 24.3 Å². The lowest BCUT2D eigenvalue weighted by molar-refractivity contribution is 0.00647. The number of ether oxygens (including phenoxy) is 2. The zero-order valence-electron chi connectivity index (χ0n) is 11.9. The maximum absolute atomic E-state index is 12.1. The van der Waals surface area contributed by atoms with Crippen LogP contribution in [0.3, 0.4) is 0 Å². The van der Waals surface area contributed by atoms with Gasteiger partial charge in [-0.15, -0.1) is 0 Å². The van der Waals surface area contributed by atoms with Crippen LogP contribution in [0.2, 0.25) is 0 Å². The molecule has 1 aromatic rings. The van der Waals surface area contributed by atoms with E-state index >= 15 is 0 Å². The lowest BCUT2D eigenvalue weighted by atomic mass is 9.86. The predicted octanol–water partition coefficient (Wildman–Crippen LogP) is 3.82. The molecule has 0 unspecified atom stereocenters. The summed E-state index contributed by atoms with van der Waals surface area (Å²) in [6, 6.07) is 7.29. The predicted molar refractivity (Wildman–Crippen MR) is 74.4 cm³/mol. The Morgan fingerprint density at radius 3 is 2.53 bits per heavy atom. The second-order valence-electron chi connectivity index (χ2n) is 6.11. The fourth-order valence-electron chi connectivity index (χ4n) is 1.96. The molecule has 2 rings (SSSR count). The Morgan fingerprint density at radius 1 is 1.26 bits per heavy atom. The first-order chi connectivity index (χ1) is 8.96. The highest BCUT2D eigenvalue weighted by atomic mass is 16.6. The number of carbonyl (C=O) groups is 1. The van der Waals surface area contributed by atoms with E-state index in [9.17, 15) is 4.79 Å². The molecule has 3 nitrogen and oxygen atoms in total. The highest BCUT2D eigenvalue weighted by Crippen LogP contribution is 2.28. The second-order valence-corrected chi connectivity index (χ2v) is 6.11. The zero-order valence-corrected chi connectivity index (χ0v) is 11.9.